The maximum absolute atomic E-state index is 11.7. The predicted octanol–water partition coefficient (Wildman–Crippen LogP) is 3.20. The SMILES string of the molecule is COC(=O)c1ccc(Br)c2cccc(C=O)c12. The zero-order valence-corrected chi connectivity index (χ0v) is 10.7. The van der Waals surface area contributed by atoms with Crippen molar-refractivity contribution in [2.24, 2.45) is 0 Å². The molecular formula is C13H9BrO3. The molecule has 0 heterocycles. The van der Waals surface area contributed by atoms with Gasteiger partial charge in [0.05, 0.1) is 12.7 Å². The number of halogens is 1. The Balaban J connectivity index is 2.90. The number of rotatable bonds is 2. The largest absolute Gasteiger partial charge is 0.465 e. The quantitative estimate of drug-likeness (QED) is 0.631. The van der Waals surface area contributed by atoms with Crippen LogP contribution in [0.1, 0.15) is 20.7 Å². The average molecular weight is 293 g/mol. The molecule has 17 heavy (non-hydrogen) atoms. The second-order valence-corrected chi connectivity index (χ2v) is 4.33. The summed E-state index contributed by atoms with van der Waals surface area (Å²) >= 11 is 3.40. The molecule has 0 spiro atoms. The molecule has 0 aliphatic heterocycles. The molecule has 86 valence electrons. The first kappa shape index (κ1) is 11.8. The molecule has 0 aromatic heterocycles. The number of carbonyl (C=O) groups excluding carboxylic acids is 2. The molecule has 2 rings (SSSR count). The number of ether oxygens (including phenoxy) is 1. The molecule has 0 unspecified atom stereocenters. The van der Waals surface area contributed by atoms with E-state index in [0.29, 0.717) is 16.5 Å². The Bertz CT molecular complexity index is 605. The Labute approximate surface area is 107 Å². The van der Waals surface area contributed by atoms with E-state index in [2.05, 4.69) is 15.9 Å². The Morgan fingerprint density at radius 3 is 2.71 bits per heavy atom. The Morgan fingerprint density at radius 1 is 1.29 bits per heavy atom. The Morgan fingerprint density at radius 2 is 2.06 bits per heavy atom. The highest BCUT2D eigenvalue weighted by Crippen LogP contribution is 2.29. The molecule has 0 saturated carbocycles. The van der Waals surface area contributed by atoms with Crippen LogP contribution < -0.4 is 0 Å². The number of aldehydes is 1. The average Bonchev–Trinajstić information content (AvgIpc) is 2.38. The third kappa shape index (κ3) is 1.96. The number of carbonyl (C=O) groups is 2. The maximum Gasteiger partial charge on any atom is 0.338 e. The van der Waals surface area contributed by atoms with Crippen molar-refractivity contribution in [1.82, 2.24) is 0 Å². The van der Waals surface area contributed by atoms with Crippen LogP contribution in [0, 0.1) is 0 Å². The molecule has 0 atom stereocenters. The lowest BCUT2D eigenvalue weighted by molar-refractivity contribution is 0.0603. The van der Waals surface area contributed by atoms with Gasteiger partial charge in [0.25, 0.3) is 0 Å². The summed E-state index contributed by atoms with van der Waals surface area (Å²) < 4.78 is 5.55. The molecule has 3 nitrogen and oxygen atoms in total. The molecule has 0 amide bonds. The number of methoxy groups -OCH3 is 1. The first-order chi connectivity index (χ1) is 8.19. The number of esters is 1. The van der Waals surface area contributed by atoms with E-state index in [-0.39, 0.29) is 0 Å². The summed E-state index contributed by atoms with van der Waals surface area (Å²) in [6.07, 6.45) is 0.737. The van der Waals surface area contributed by atoms with Crippen LogP contribution >= 0.6 is 15.9 Å². The third-order valence-electron chi connectivity index (χ3n) is 2.55. The standard InChI is InChI=1S/C13H9BrO3/c1-17-13(16)10-5-6-11(14)9-4-2-3-8(7-15)12(9)10/h2-7H,1H3. The van der Waals surface area contributed by atoms with Crippen molar-refractivity contribution in [3.8, 4) is 0 Å². The van der Waals surface area contributed by atoms with Crippen LogP contribution in [0.3, 0.4) is 0 Å². The van der Waals surface area contributed by atoms with Crippen LogP contribution in [0.4, 0.5) is 0 Å². The number of hydrogen-bond donors (Lipinski definition) is 0. The van der Waals surface area contributed by atoms with Crippen LogP contribution in [0.25, 0.3) is 10.8 Å². The monoisotopic (exact) mass is 292 g/mol. The highest BCUT2D eigenvalue weighted by molar-refractivity contribution is 9.10. The fourth-order valence-electron chi connectivity index (χ4n) is 1.78. The van der Waals surface area contributed by atoms with Gasteiger partial charge in [0, 0.05) is 15.4 Å². The summed E-state index contributed by atoms with van der Waals surface area (Å²) in [6.45, 7) is 0. The lowest BCUT2D eigenvalue weighted by Gasteiger charge is -2.08. The summed E-state index contributed by atoms with van der Waals surface area (Å²) in [6, 6.07) is 8.71. The van der Waals surface area contributed by atoms with Gasteiger partial charge in [0.1, 0.15) is 0 Å². The van der Waals surface area contributed by atoms with Crippen molar-refractivity contribution < 1.29 is 14.3 Å². The van der Waals surface area contributed by atoms with Crippen molar-refractivity contribution in [3.05, 3.63) is 45.9 Å². The lowest BCUT2D eigenvalue weighted by Crippen LogP contribution is -2.03. The smallest absolute Gasteiger partial charge is 0.338 e. The number of benzene rings is 2. The fraction of sp³-hybridized carbons (Fsp3) is 0.0769. The molecule has 0 bridgehead atoms. The zero-order chi connectivity index (χ0) is 12.4. The first-order valence-electron chi connectivity index (χ1n) is 4.93. The lowest BCUT2D eigenvalue weighted by atomic mass is 10.00. The minimum atomic E-state index is -0.447. The van der Waals surface area contributed by atoms with Crippen LogP contribution in [-0.4, -0.2) is 19.4 Å². The van der Waals surface area contributed by atoms with E-state index in [1.54, 1.807) is 24.3 Å². The van der Waals surface area contributed by atoms with Crippen molar-refractivity contribution >= 4 is 39.0 Å². The van der Waals surface area contributed by atoms with E-state index in [1.807, 2.05) is 6.07 Å². The molecule has 2 aromatic rings. The van der Waals surface area contributed by atoms with Gasteiger partial charge in [-0.2, -0.15) is 0 Å². The highest BCUT2D eigenvalue weighted by Gasteiger charge is 2.14. The highest BCUT2D eigenvalue weighted by atomic mass is 79.9. The summed E-state index contributed by atoms with van der Waals surface area (Å²) in [4.78, 5) is 22.7. The van der Waals surface area contributed by atoms with Crippen molar-refractivity contribution in [2.75, 3.05) is 7.11 Å². The van der Waals surface area contributed by atoms with E-state index in [9.17, 15) is 9.59 Å². The van der Waals surface area contributed by atoms with Crippen LogP contribution in [-0.2, 0) is 4.74 Å². The third-order valence-corrected chi connectivity index (χ3v) is 3.24. The van der Waals surface area contributed by atoms with Gasteiger partial charge >= 0.3 is 5.97 Å². The fourth-order valence-corrected chi connectivity index (χ4v) is 2.24. The first-order valence-corrected chi connectivity index (χ1v) is 5.73. The van der Waals surface area contributed by atoms with Crippen LogP contribution in [0.2, 0.25) is 0 Å². The molecule has 0 aliphatic carbocycles. The Hall–Kier alpha value is -1.68. The Kier molecular flexibility index (Phi) is 3.24. The van der Waals surface area contributed by atoms with E-state index in [4.69, 9.17) is 4.74 Å². The maximum atomic E-state index is 11.7. The molecule has 0 aliphatic rings. The topological polar surface area (TPSA) is 43.4 Å². The van der Waals surface area contributed by atoms with Gasteiger partial charge < -0.3 is 4.74 Å². The van der Waals surface area contributed by atoms with Gasteiger partial charge in [-0.05, 0) is 17.5 Å². The molecule has 0 fully saturated rings. The molecular weight excluding hydrogens is 284 g/mol. The van der Waals surface area contributed by atoms with Crippen LogP contribution in [0.15, 0.2) is 34.8 Å². The zero-order valence-electron chi connectivity index (χ0n) is 9.07. The van der Waals surface area contributed by atoms with E-state index < -0.39 is 5.97 Å². The summed E-state index contributed by atoms with van der Waals surface area (Å²) in [5, 5.41) is 1.43. The van der Waals surface area contributed by atoms with Crippen LogP contribution in [0.5, 0.6) is 0 Å². The predicted molar refractivity (Wildman–Crippen MR) is 68.4 cm³/mol. The van der Waals surface area contributed by atoms with Gasteiger partial charge in [-0.1, -0.05) is 34.1 Å². The summed E-state index contributed by atoms with van der Waals surface area (Å²) in [5.74, 6) is -0.447. The number of hydrogen-bond acceptors (Lipinski definition) is 3. The van der Waals surface area contributed by atoms with Crippen molar-refractivity contribution in [1.29, 1.82) is 0 Å². The molecule has 0 radical (unpaired) electrons. The minimum Gasteiger partial charge on any atom is -0.465 e. The van der Waals surface area contributed by atoms with E-state index >= 15 is 0 Å². The molecule has 0 N–H and O–H groups in total. The van der Waals surface area contributed by atoms with Crippen molar-refractivity contribution in [2.45, 2.75) is 0 Å². The second kappa shape index (κ2) is 4.67. The normalized spacial score (nSPS) is 10.2. The van der Waals surface area contributed by atoms with Crippen molar-refractivity contribution in [3.63, 3.8) is 0 Å². The number of fused-ring (bicyclic) bond motifs is 1. The summed E-state index contributed by atoms with van der Waals surface area (Å²) in [7, 11) is 1.32. The van der Waals surface area contributed by atoms with Gasteiger partial charge in [-0.15, -0.1) is 0 Å². The van der Waals surface area contributed by atoms with E-state index in [1.165, 1.54) is 7.11 Å². The van der Waals surface area contributed by atoms with Gasteiger partial charge in [-0.3, -0.25) is 4.79 Å². The molecule has 2 aromatic carbocycles. The molecule has 0 saturated heterocycles. The summed E-state index contributed by atoms with van der Waals surface area (Å²) in [5.41, 5.74) is 0.873. The molecule has 4 heteroatoms. The van der Waals surface area contributed by atoms with Gasteiger partial charge in [0.2, 0.25) is 0 Å². The minimum absolute atomic E-state index is 0.397. The van der Waals surface area contributed by atoms with Gasteiger partial charge in [0.15, 0.2) is 6.29 Å². The second-order valence-electron chi connectivity index (χ2n) is 3.47. The van der Waals surface area contributed by atoms with E-state index in [0.717, 1.165) is 16.1 Å². The van der Waals surface area contributed by atoms with Gasteiger partial charge in [-0.25, -0.2) is 4.79 Å².